The molecule has 0 N–H and O–H groups in total. The van der Waals surface area contributed by atoms with Gasteiger partial charge in [0.1, 0.15) is 0 Å². The summed E-state index contributed by atoms with van der Waals surface area (Å²) in [7, 11) is 0. The molecule has 0 amide bonds. The fourth-order valence-electron chi connectivity index (χ4n) is 1.53. The van der Waals surface area contributed by atoms with Crippen LogP contribution in [-0.2, 0) is 12.2 Å². The number of nitrogens with zero attached hydrogens (tertiary/aromatic N) is 3. The largest absolute Gasteiger partial charge is 0.339 e. The van der Waals surface area contributed by atoms with Crippen molar-refractivity contribution in [3.8, 4) is 6.07 Å². The molecule has 0 radical (unpaired) electrons. The van der Waals surface area contributed by atoms with Crippen LogP contribution in [0.3, 0.4) is 0 Å². The van der Waals surface area contributed by atoms with Gasteiger partial charge >= 0.3 is 0 Å². The molecule has 98 valence electrons. The first-order valence-electron chi connectivity index (χ1n) is 6.09. The van der Waals surface area contributed by atoms with Crippen molar-refractivity contribution >= 4 is 11.8 Å². The van der Waals surface area contributed by atoms with Gasteiger partial charge < -0.3 is 4.52 Å². The molecule has 0 aliphatic carbocycles. The number of hydrogen-bond acceptors (Lipinski definition) is 5. The first-order valence-corrected chi connectivity index (χ1v) is 7.14. The Bertz CT molecular complexity index is 569. The molecule has 0 fully saturated rings. The van der Waals surface area contributed by atoms with Crippen LogP contribution in [0.15, 0.2) is 28.8 Å². The van der Waals surface area contributed by atoms with Gasteiger partial charge in [-0.1, -0.05) is 31.1 Å². The van der Waals surface area contributed by atoms with Gasteiger partial charge in [0.05, 0.1) is 23.8 Å². The Balaban J connectivity index is 1.97. The van der Waals surface area contributed by atoms with Crippen molar-refractivity contribution in [3.63, 3.8) is 0 Å². The van der Waals surface area contributed by atoms with E-state index in [1.54, 1.807) is 23.9 Å². The van der Waals surface area contributed by atoms with Crippen molar-refractivity contribution in [2.45, 2.75) is 31.3 Å². The van der Waals surface area contributed by atoms with Crippen molar-refractivity contribution in [1.82, 2.24) is 10.1 Å². The summed E-state index contributed by atoms with van der Waals surface area (Å²) in [5.41, 5.74) is 1.72. The average Bonchev–Trinajstić information content (AvgIpc) is 2.85. The highest BCUT2D eigenvalue weighted by Crippen LogP contribution is 2.16. The standard InChI is InChI=1S/C14H15N3OS/c1-10(2)19-9-13-16-14(18-17-13)7-11-3-5-12(8-15)6-4-11/h3-6,10H,7,9H2,1-2H3. The smallest absolute Gasteiger partial charge is 0.231 e. The normalized spacial score (nSPS) is 10.6. The summed E-state index contributed by atoms with van der Waals surface area (Å²) in [4.78, 5) is 4.36. The summed E-state index contributed by atoms with van der Waals surface area (Å²) in [6, 6.07) is 9.50. The lowest BCUT2D eigenvalue weighted by Gasteiger charge is -1.99. The van der Waals surface area contributed by atoms with Crippen molar-refractivity contribution in [2.75, 3.05) is 0 Å². The van der Waals surface area contributed by atoms with Crippen molar-refractivity contribution in [1.29, 1.82) is 5.26 Å². The highest BCUT2D eigenvalue weighted by atomic mass is 32.2. The summed E-state index contributed by atoms with van der Waals surface area (Å²) in [6.07, 6.45) is 0.602. The number of rotatable bonds is 5. The molecule has 5 heteroatoms. The Labute approximate surface area is 116 Å². The molecule has 1 aromatic carbocycles. The van der Waals surface area contributed by atoms with Gasteiger partial charge in [-0.2, -0.15) is 22.0 Å². The van der Waals surface area contributed by atoms with Crippen LogP contribution in [-0.4, -0.2) is 15.4 Å². The van der Waals surface area contributed by atoms with E-state index in [-0.39, 0.29) is 0 Å². The third-order valence-electron chi connectivity index (χ3n) is 2.49. The van der Waals surface area contributed by atoms with E-state index in [9.17, 15) is 0 Å². The van der Waals surface area contributed by atoms with Gasteiger partial charge in [-0.15, -0.1) is 0 Å². The van der Waals surface area contributed by atoms with Gasteiger partial charge in [-0.25, -0.2) is 0 Å². The molecule has 0 atom stereocenters. The van der Waals surface area contributed by atoms with E-state index in [4.69, 9.17) is 9.78 Å². The van der Waals surface area contributed by atoms with E-state index in [0.29, 0.717) is 23.1 Å². The molecule has 0 unspecified atom stereocenters. The van der Waals surface area contributed by atoms with Crippen molar-refractivity contribution in [3.05, 3.63) is 47.1 Å². The summed E-state index contributed by atoms with van der Waals surface area (Å²) in [5, 5.41) is 13.2. The monoisotopic (exact) mass is 273 g/mol. The maximum absolute atomic E-state index is 8.73. The number of thioether (sulfide) groups is 1. The van der Waals surface area contributed by atoms with Gasteiger partial charge in [0.2, 0.25) is 5.89 Å². The van der Waals surface area contributed by atoms with Crippen molar-refractivity contribution in [2.24, 2.45) is 0 Å². The van der Waals surface area contributed by atoms with Gasteiger partial charge in [0.25, 0.3) is 0 Å². The van der Waals surface area contributed by atoms with E-state index < -0.39 is 0 Å². The molecule has 4 nitrogen and oxygen atoms in total. The Hall–Kier alpha value is -1.80. The summed E-state index contributed by atoms with van der Waals surface area (Å²) < 4.78 is 5.22. The van der Waals surface area contributed by atoms with Crippen molar-refractivity contribution < 1.29 is 4.52 Å². The molecule has 0 spiro atoms. The van der Waals surface area contributed by atoms with E-state index in [0.717, 1.165) is 17.1 Å². The van der Waals surface area contributed by atoms with Gasteiger partial charge in [-0.05, 0) is 22.9 Å². The Morgan fingerprint density at radius 2 is 2.05 bits per heavy atom. The maximum atomic E-state index is 8.73. The molecule has 0 aliphatic rings. The van der Waals surface area contributed by atoms with Crippen LogP contribution in [0.5, 0.6) is 0 Å². The molecule has 19 heavy (non-hydrogen) atoms. The fraction of sp³-hybridized carbons (Fsp3) is 0.357. The summed E-state index contributed by atoms with van der Waals surface area (Å²) in [5.74, 6) is 2.13. The Morgan fingerprint density at radius 3 is 2.68 bits per heavy atom. The van der Waals surface area contributed by atoms with E-state index in [1.807, 2.05) is 12.1 Å². The van der Waals surface area contributed by atoms with E-state index in [1.165, 1.54) is 0 Å². The number of aromatic nitrogens is 2. The molecule has 2 rings (SSSR count). The predicted octanol–water partition coefficient (Wildman–Crippen LogP) is 3.17. The minimum atomic E-state index is 0.556. The first kappa shape index (κ1) is 13.6. The minimum absolute atomic E-state index is 0.556. The SMILES string of the molecule is CC(C)SCc1noc(Cc2ccc(C#N)cc2)n1. The maximum Gasteiger partial charge on any atom is 0.231 e. The quantitative estimate of drug-likeness (QED) is 0.837. The van der Waals surface area contributed by atoms with E-state index in [2.05, 4.69) is 30.1 Å². The summed E-state index contributed by atoms with van der Waals surface area (Å²) in [6.45, 7) is 4.28. The minimum Gasteiger partial charge on any atom is -0.339 e. The molecule has 0 aliphatic heterocycles. The molecule has 0 bridgehead atoms. The van der Waals surface area contributed by atoms with Crippen LogP contribution in [0.2, 0.25) is 0 Å². The molecule has 0 saturated carbocycles. The second-order valence-electron chi connectivity index (χ2n) is 4.45. The van der Waals surface area contributed by atoms with Crippen LogP contribution in [0.25, 0.3) is 0 Å². The zero-order valence-electron chi connectivity index (χ0n) is 11.0. The van der Waals surface area contributed by atoms with Crippen LogP contribution in [0.4, 0.5) is 0 Å². The predicted molar refractivity (Wildman–Crippen MR) is 74.7 cm³/mol. The lowest BCUT2D eigenvalue weighted by atomic mass is 10.1. The fourth-order valence-corrected chi connectivity index (χ4v) is 2.13. The highest BCUT2D eigenvalue weighted by Gasteiger charge is 2.08. The molecule has 1 aromatic heterocycles. The average molecular weight is 273 g/mol. The molecule has 2 aromatic rings. The van der Waals surface area contributed by atoms with Crippen LogP contribution in [0.1, 0.15) is 36.7 Å². The Kier molecular flexibility index (Phi) is 4.58. The van der Waals surface area contributed by atoms with Gasteiger partial charge in [0, 0.05) is 0 Å². The molecule has 0 saturated heterocycles. The van der Waals surface area contributed by atoms with Gasteiger partial charge in [0.15, 0.2) is 5.82 Å². The molecular formula is C14H15N3OS. The topological polar surface area (TPSA) is 62.7 Å². The third-order valence-corrected chi connectivity index (χ3v) is 3.59. The van der Waals surface area contributed by atoms with Crippen LogP contribution < -0.4 is 0 Å². The highest BCUT2D eigenvalue weighted by molar-refractivity contribution is 7.99. The zero-order valence-corrected chi connectivity index (χ0v) is 11.8. The molecular weight excluding hydrogens is 258 g/mol. The number of hydrogen-bond donors (Lipinski definition) is 0. The van der Waals surface area contributed by atoms with Crippen LogP contribution >= 0.6 is 11.8 Å². The first-order chi connectivity index (χ1) is 9.17. The Morgan fingerprint density at radius 1 is 1.32 bits per heavy atom. The number of nitriles is 1. The lowest BCUT2D eigenvalue weighted by Crippen LogP contribution is -1.92. The zero-order chi connectivity index (χ0) is 13.7. The van der Waals surface area contributed by atoms with E-state index >= 15 is 0 Å². The van der Waals surface area contributed by atoms with Gasteiger partial charge in [-0.3, -0.25) is 0 Å². The summed E-state index contributed by atoms with van der Waals surface area (Å²) >= 11 is 1.79. The number of benzene rings is 1. The lowest BCUT2D eigenvalue weighted by molar-refractivity contribution is 0.381. The van der Waals surface area contributed by atoms with Crippen LogP contribution in [0, 0.1) is 11.3 Å². The third kappa shape index (κ3) is 4.11. The molecule has 1 heterocycles. The second-order valence-corrected chi connectivity index (χ2v) is 6.01. The second kappa shape index (κ2) is 6.39.